The molecule has 1 aromatic carbocycles. The maximum absolute atomic E-state index is 11.5. The number of ketones is 1. The first kappa shape index (κ1) is 17.5. The van der Waals surface area contributed by atoms with Crippen LogP contribution in [0.25, 0.3) is 0 Å². The van der Waals surface area contributed by atoms with E-state index in [1.165, 1.54) is 25.8 Å². The second kappa shape index (κ2) is 8.69. The summed E-state index contributed by atoms with van der Waals surface area (Å²) in [7, 11) is 0. The molecule has 2 rings (SSSR count). The third-order valence-corrected chi connectivity index (χ3v) is 4.67. The molecule has 0 amide bonds. The SMILES string of the molecule is CC(=O)c1ccc(C#N)c(NCCCCN2CCCCC2C)c1. The van der Waals surface area contributed by atoms with Gasteiger partial charge in [-0.1, -0.05) is 6.42 Å². The van der Waals surface area contributed by atoms with Gasteiger partial charge in [0.05, 0.1) is 11.3 Å². The van der Waals surface area contributed by atoms with E-state index in [0.29, 0.717) is 17.2 Å². The van der Waals surface area contributed by atoms with Crippen LogP contribution in [0.4, 0.5) is 5.69 Å². The van der Waals surface area contributed by atoms with E-state index in [2.05, 4.69) is 23.2 Å². The number of anilines is 1. The largest absolute Gasteiger partial charge is 0.384 e. The van der Waals surface area contributed by atoms with E-state index >= 15 is 0 Å². The first-order chi connectivity index (χ1) is 11.1. The van der Waals surface area contributed by atoms with Crippen molar-refractivity contribution in [2.75, 3.05) is 25.0 Å². The minimum atomic E-state index is 0.0247. The molecule has 1 aromatic rings. The number of hydrogen-bond acceptors (Lipinski definition) is 4. The molecule has 4 heteroatoms. The molecule has 0 aromatic heterocycles. The number of nitrogens with one attached hydrogen (secondary N) is 1. The van der Waals surface area contributed by atoms with Crippen molar-refractivity contribution < 1.29 is 4.79 Å². The molecule has 1 unspecified atom stereocenters. The van der Waals surface area contributed by atoms with E-state index in [1.807, 2.05) is 0 Å². The highest BCUT2D eigenvalue weighted by Crippen LogP contribution is 2.19. The smallest absolute Gasteiger partial charge is 0.159 e. The Bertz CT molecular complexity index is 576. The van der Waals surface area contributed by atoms with Gasteiger partial charge in [0.15, 0.2) is 5.78 Å². The van der Waals surface area contributed by atoms with Crippen molar-refractivity contribution in [3.8, 4) is 6.07 Å². The minimum Gasteiger partial charge on any atom is -0.384 e. The fraction of sp³-hybridized carbons (Fsp3) is 0.579. The van der Waals surface area contributed by atoms with Crippen molar-refractivity contribution in [1.29, 1.82) is 5.26 Å². The second-order valence-electron chi connectivity index (χ2n) is 6.44. The fourth-order valence-corrected chi connectivity index (χ4v) is 3.16. The number of carbonyl (C=O) groups is 1. The van der Waals surface area contributed by atoms with Crippen LogP contribution in [0.2, 0.25) is 0 Å². The van der Waals surface area contributed by atoms with Crippen molar-refractivity contribution >= 4 is 11.5 Å². The van der Waals surface area contributed by atoms with Crippen LogP contribution in [0.3, 0.4) is 0 Å². The fourth-order valence-electron chi connectivity index (χ4n) is 3.16. The summed E-state index contributed by atoms with van der Waals surface area (Å²) in [6, 6.07) is 8.11. The average Bonchev–Trinajstić information content (AvgIpc) is 2.56. The highest BCUT2D eigenvalue weighted by Gasteiger charge is 2.17. The van der Waals surface area contributed by atoms with Crippen molar-refractivity contribution in [2.45, 2.75) is 52.0 Å². The lowest BCUT2D eigenvalue weighted by Gasteiger charge is -2.33. The standard InChI is InChI=1S/C19H27N3O/c1-15-7-3-5-11-22(15)12-6-4-10-21-19-13-17(16(2)23)8-9-18(19)14-20/h8-9,13,15,21H,3-7,10-12H2,1-2H3. The van der Waals surface area contributed by atoms with Gasteiger partial charge >= 0.3 is 0 Å². The van der Waals surface area contributed by atoms with E-state index in [4.69, 9.17) is 5.26 Å². The highest BCUT2D eigenvalue weighted by atomic mass is 16.1. The van der Waals surface area contributed by atoms with E-state index in [0.717, 1.165) is 31.6 Å². The lowest BCUT2D eigenvalue weighted by molar-refractivity contribution is 0.101. The summed E-state index contributed by atoms with van der Waals surface area (Å²) in [5, 5.41) is 12.5. The number of nitrogens with zero attached hydrogens (tertiary/aromatic N) is 2. The van der Waals surface area contributed by atoms with Crippen LogP contribution in [-0.4, -0.2) is 36.4 Å². The van der Waals surface area contributed by atoms with Gasteiger partial charge in [-0.05, 0) is 70.8 Å². The summed E-state index contributed by atoms with van der Waals surface area (Å²) in [6.45, 7) is 7.09. The van der Waals surface area contributed by atoms with Crippen LogP contribution in [0.1, 0.15) is 61.9 Å². The van der Waals surface area contributed by atoms with Gasteiger partial charge in [0.2, 0.25) is 0 Å². The monoisotopic (exact) mass is 313 g/mol. The zero-order valence-corrected chi connectivity index (χ0v) is 14.3. The molecule has 0 aliphatic carbocycles. The Labute approximate surface area is 139 Å². The van der Waals surface area contributed by atoms with Gasteiger partial charge in [-0.15, -0.1) is 0 Å². The number of piperidine rings is 1. The van der Waals surface area contributed by atoms with Gasteiger partial charge in [0.1, 0.15) is 6.07 Å². The number of Topliss-reactive ketones (excluding diaryl/α,β-unsaturated/α-hetero) is 1. The Hall–Kier alpha value is -1.86. The average molecular weight is 313 g/mol. The van der Waals surface area contributed by atoms with Gasteiger partial charge in [-0.25, -0.2) is 0 Å². The van der Waals surface area contributed by atoms with Gasteiger partial charge in [-0.2, -0.15) is 5.26 Å². The number of nitriles is 1. The molecule has 1 aliphatic heterocycles. The Morgan fingerprint density at radius 1 is 1.39 bits per heavy atom. The molecular formula is C19H27N3O. The Morgan fingerprint density at radius 2 is 2.22 bits per heavy atom. The number of likely N-dealkylation sites (tertiary alicyclic amines) is 1. The summed E-state index contributed by atoms with van der Waals surface area (Å²) in [5.41, 5.74) is 2.01. The summed E-state index contributed by atoms with van der Waals surface area (Å²) < 4.78 is 0. The van der Waals surface area contributed by atoms with E-state index in [9.17, 15) is 4.79 Å². The molecule has 23 heavy (non-hydrogen) atoms. The van der Waals surface area contributed by atoms with Crippen molar-refractivity contribution in [1.82, 2.24) is 4.90 Å². The molecule has 0 bridgehead atoms. The Morgan fingerprint density at radius 3 is 2.91 bits per heavy atom. The lowest BCUT2D eigenvalue weighted by atomic mass is 10.0. The third-order valence-electron chi connectivity index (χ3n) is 4.67. The predicted molar refractivity (Wildman–Crippen MR) is 93.8 cm³/mol. The first-order valence-electron chi connectivity index (χ1n) is 8.65. The van der Waals surface area contributed by atoms with Crippen LogP contribution >= 0.6 is 0 Å². The summed E-state index contributed by atoms with van der Waals surface area (Å²) in [6.07, 6.45) is 6.24. The number of unbranched alkanes of at least 4 members (excludes halogenated alkanes) is 1. The minimum absolute atomic E-state index is 0.0247. The quantitative estimate of drug-likeness (QED) is 0.614. The second-order valence-corrected chi connectivity index (χ2v) is 6.44. The number of carbonyl (C=O) groups excluding carboxylic acids is 1. The molecule has 1 N–H and O–H groups in total. The normalized spacial score (nSPS) is 18.4. The number of benzene rings is 1. The summed E-state index contributed by atoms with van der Waals surface area (Å²) in [5.74, 6) is 0.0247. The molecule has 124 valence electrons. The van der Waals surface area contributed by atoms with E-state index < -0.39 is 0 Å². The van der Waals surface area contributed by atoms with Crippen LogP contribution in [0.15, 0.2) is 18.2 Å². The number of rotatable bonds is 7. The molecular weight excluding hydrogens is 286 g/mol. The van der Waals surface area contributed by atoms with Crippen LogP contribution in [0, 0.1) is 11.3 Å². The van der Waals surface area contributed by atoms with Crippen LogP contribution in [-0.2, 0) is 0 Å². The molecule has 1 saturated heterocycles. The lowest BCUT2D eigenvalue weighted by Crippen LogP contribution is -2.38. The van der Waals surface area contributed by atoms with Crippen molar-refractivity contribution in [2.24, 2.45) is 0 Å². The van der Waals surface area contributed by atoms with Gasteiger partial charge in [0.25, 0.3) is 0 Å². The zero-order valence-electron chi connectivity index (χ0n) is 14.3. The summed E-state index contributed by atoms with van der Waals surface area (Å²) >= 11 is 0. The topological polar surface area (TPSA) is 56.1 Å². The van der Waals surface area contributed by atoms with Crippen LogP contribution in [0.5, 0.6) is 0 Å². The Kier molecular flexibility index (Phi) is 6.61. The molecule has 0 spiro atoms. The van der Waals surface area contributed by atoms with Crippen molar-refractivity contribution in [3.63, 3.8) is 0 Å². The number of hydrogen-bond donors (Lipinski definition) is 1. The maximum atomic E-state index is 11.5. The highest BCUT2D eigenvalue weighted by molar-refractivity contribution is 5.95. The van der Waals surface area contributed by atoms with Crippen molar-refractivity contribution in [3.05, 3.63) is 29.3 Å². The van der Waals surface area contributed by atoms with Gasteiger partial charge < -0.3 is 10.2 Å². The molecule has 1 aliphatic rings. The molecule has 0 radical (unpaired) electrons. The zero-order chi connectivity index (χ0) is 16.7. The van der Waals surface area contributed by atoms with E-state index in [1.54, 1.807) is 25.1 Å². The maximum Gasteiger partial charge on any atom is 0.159 e. The third kappa shape index (κ3) is 5.07. The Balaban J connectivity index is 1.78. The van der Waals surface area contributed by atoms with Gasteiger partial charge in [-0.3, -0.25) is 4.79 Å². The molecule has 4 nitrogen and oxygen atoms in total. The van der Waals surface area contributed by atoms with Crippen LogP contribution < -0.4 is 5.32 Å². The van der Waals surface area contributed by atoms with E-state index in [-0.39, 0.29) is 5.78 Å². The molecule has 0 saturated carbocycles. The molecule has 1 heterocycles. The predicted octanol–water partition coefficient (Wildman–Crippen LogP) is 3.83. The summed E-state index contributed by atoms with van der Waals surface area (Å²) in [4.78, 5) is 14.0. The first-order valence-corrected chi connectivity index (χ1v) is 8.65. The molecule has 1 fully saturated rings. The van der Waals surface area contributed by atoms with Gasteiger partial charge in [0, 0.05) is 18.2 Å². The molecule has 1 atom stereocenters.